The second-order valence-corrected chi connectivity index (χ2v) is 8.64. The minimum atomic E-state index is -0.946. The van der Waals surface area contributed by atoms with E-state index in [1.54, 1.807) is 6.07 Å². The summed E-state index contributed by atoms with van der Waals surface area (Å²) in [4.78, 5) is 25.3. The number of hydrogen-bond acceptors (Lipinski definition) is 3. The highest BCUT2D eigenvalue weighted by Crippen LogP contribution is 2.33. The Morgan fingerprint density at radius 2 is 1.61 bits per heavy atom. The van der Waals surface area contributed by atoms with Crippen LogP contribution in [0.1, 0.15) is 52.0 Å². The molecule has 2 aromatic rings. The van der Waals surface area contributed by atoms with Gasteiger partial charge in [0.1, 0.15) is 5.54 Å². The minimum absolute atomic E-state index is 0.0918. The quantitative estimate of drug-likeness (QED) is 0.516. The highest BCUT2D eigenvalue weighted by molar-refractivity contribution is 6.31. The number of benzene rings is 2. The lowest BCUT2D eigenvalue weighted by molar-refractivity contribution is -0.153. The molecular formula is C25H31Cl2NO3. The van der Waals surface area contributed by atoms with Crippen LogP contribution in [0, 0.1) is 5.92 Å². The van der Waals surface area contributed by atoms with Gasteiger partial charge in [-0.05, 0) is 72.6 Å². The molecule has 1 aliphatic carbocycles. The molecule has 1 aliphatic rings. The van der Waals surface area contributed by atoms with Crippen LogP contribution in [0.3, 0.4) is 0 Å². The van der Waals surface area contributed by atoms with Gasteiger partial charge in [-0.3, -0.25) is 4.79 Å². The van der Waals surface area contributed by atoms with Crippen molar-refractivity contribution in [2.45, 2.75) is 58.4 Å². The van der Waals surface area contributed by atoms with Gasteiger partial charge in [0.25, 0.3) is 0 Å². The Morgan fingerprint density at radius 3 is 2.19 bits per heavy atom. The molecule has 1 fully saturated rings. The molecule has 3 rings (SSSR count). The Balaban J connectivity index is 0.00000166. The van der Waals surface area contributed by atoms with Crippen LogP contribution in [-0.2, 0) is 20.7 Å². The minimum Gasteiger partial charge on any atom is -0.467 e. The smallest absolute Gasteiger partial charge is 0.331 e. The van der Waals surface area contributed by atoms with Crippen molar-refractivity contribution in [3.05, 3.63) is 58.1 Å². The first kappa shape index (κ1) is 25.2. The van der Waals surface area contributed by atoms with E-state index in [0.717, 1.165) is 24.0 Å². The summed E-state index contributed by atoms with van der Waals surface area (Å²) >= 11 is 12.3. The third-order valence-electron chi connectivity index (χ3n) is 5.66. The Labute approximate surface area is 195 Å². The predicted octanol–water partition coefficient (Wildman–Crippen LogP) is 6.47. The first-order valence-corrected chi connectivity index (χ1v) is 11.5. The fraction of sp³-hybridized carbons (Fsp3) is 0.440. The molecular weight excluding hydrogens is 433 g/mol. The zero-order valence-electron chi connectivity index (χ0n) is 18.6. The summed E-state index contributed by atoms with van der Waals surface area (Å²) in [5, 5.41) is 4.14. The van der Waals surface area contributed by atoms with Gasteiger partial charge in [0, 0.05) is 10.0 Å². The van der Waals surface area contributed by atoms with Crippen LogP contribution in [-0.4, -0.2) is 24.5 Å². The summed E-state index contributed by atoms with van der Waals surface area (Å²) < 4.78 is 5.00. The van der Waals surface area contributed by atoms with Gasteiger partial charge in [-0.15, -0.1) is 0 Å². The zero-order chi connectivity index (χ0) is 23.0. The molecule has 0 aromatic heterocycles. The molecule has 0 saturated heterocycles. The van der Waals surface area contributed by atoms with Crippen molar-refractivity contribution in [1.82, 2.24) is 5.32 Å². The third-order valence-corrected chi connectivity index (χ3v) is 6.28. The number of hydrogen-bond donors (Lipinski definition) is 1. The van der Waals surface area contributed by atoms with E-state index in [-0.39, 0.29) is 18.3 Å². The Morgan fingerprint density at radius 1 is 1.03 bits per heavy atom. The van der Waals surface area contributed by atoms with Gasteiger partial charge in [-0.1, -0.05) is 62.2 Å². The van der Waals surface area contributed by atoms with Crippen molar-refractivity contribution in [1.29, 1.82) is 0 Å². The van der Waals surface area contributed by atoms with E-state index in [9.17, 15) is 9.59 Å². The van der Waals surface area contributed by atoms with E-state index >= 15 is 0 Å². The maximum atomic E-state index is 12.8. The summed E-state index contributed by atoms with van der Waals surface area (Å²) in [7, 11) is 1.36. The molecule has 0 atom stereocenters. The number of ether oxygens (including phenoxy) is 1. The summed E-state index contributed by atoms with van der Waals surface area (Å²) in [6.45, 7) is 6.16. The molecule has 0 aliphatic heterocycles. The SMILES string of the molecule is CC.COC(=O)C1(NC(=O)Cc2cc(-c3ccc(Cl)cc3)ccc2Cl)CCC(C)CC1. The first-order valence-electron chi connectivity index (χ1n) is 10.8. The highest BCUT2D eigenvalue weighted by atomic mass is 35.5. The van der Waals surface area contributed by atoms with Gasteiger partial charge in [-0.2, -0.15) is 0 Å². The largest absolute Gasteiger partial charge is 0.467 e. The maximum Gasteiger partial charge on any atom is 0.331 e. The van der Waals surface area contributed by atoms with Crippen LogP contribution < -0.4 is 5.32 Å². The van der Waals surface area contributed by atoms with Crippen LogP contribution in [0.25, 0.3) is 11.1 Å². The van der Waals surface area contributed by atoms with Gasteiger partial charge < -0.3 is 10.1 Å². The molecule has 1 N–H and O–H groups in total. The number of carbonyl (C=O) groups is 2. The van der Waals surface area contributed by atoms with Gasteiger partial charge in [0.2, 0.25) is 5.91 Å². The van der Waals surface area contributed by atoms with Crippen LogP contribution in [0.15, 0.2) is 42.5 Å². The molecule has 1 amide bonds. The number of amides is 1. The van der Waals surface area contributed by atoms with Crippen molar-refractivity contribution in [2.75, 3.05) is 7.11 Å². The lowest BCUT2D eigenvalue weighted by Crippen LogP contribution is -2.57. The number of methoxy groups -OCH3 is 1. The Kier molecular flexibility index (Phi) is 9.39. The molecule has 0 unspecified atom stereocenters. The van der Waals surface area contributed by atoms with Crippen molar-refractivity contribution in [3.63, 3.8) is 0 Å². The molecule has 0 bridgehead atoms. The van der Waals surface area contributed by atoms with E-state index in [1.807, 2.05) is 50.2 Å². The number of halogens is 2. The van der Waals surface area contributed by atoms with Crippen molar-refractivity contribution >= 4 is 35.1 Å². The molecule has 168 valence electrons. The maximum absolute atomic E-state index is 12.8. The fourth-order valence-corrected chi connectivity index (χ4v) is 4.16. The van der Waals surface area contributed by atoms with E-state index in [0.29, 0.717) is 34.4 Å². The van der Waals surface area contributed by atoms with Gasteiger partial charge in [-0.25, -0.2) is 4.79 Å². The summed E-state index contributed by atoms with van der Waals surface area (Å²) in [5.41, 5.74) is 1.70. The monoisotopic (exact) mass is 463 g/mol. The molecule has 4 nitrogen and oxygen atoms in total. The molecule has 31 heavy (non-hydrogen) atoms. The van der Waals surface area contributed by atoms with Gasteiger partial charge in [0.15, 0.2) is 0 Å². The zero-order valence-corrected chi connectivity index (χ0v) is 20.1. The summed E-state index contributed by atoms with van der Waals surface area (Å²) in [6.07, 6.45) is 3.02. The fourth-order valence-electron chi connectivity index (χ4n) is 3.85. The number of nitrogens with one attached hydrogen (secondary N) is 1. The topological polar surface area (TPSA) is 55.4 Å². The lowest BCUT2D eigenvalue weighted by atomic mass is 9.77. The van der Waals surface area contributed by atoms with Crippen LogP contribution in [0.5, 0.6) is 0 Å². The van der Waals surface area contributed by atoms with Gasteiger partial charge >= 0.3 is 5.97 Å². The highest BCUT2D eigenvalue weighted by Gasteiger charge is 2.43. The first-order chi connectivity index (χ1) is 14.8. The lowest BCUT2D eigenvalue weighted by Gasteiger charge is -2.37. The molecule has 0 spiro atoms. The number of esters is 1. The molecule has 0 radical (unpaired) electrons. The molecule has 2 aromatic carbocycles. The second-order valence-electron chi connectivity index (χ2n) is 7.79. The van der Waals surface area contributed by atoms with E-state index < -0.39 is 5.54 Å². The Hall–Kier alpha value is -2.04. The molecule has 1 saturated carbocycles. The standard InChI is InChI=1S/C23H25Cl2NO3.C2H6/c1-15-9-11-23(12-10-15,22(28)29-2)26-21(27)14-18-13-17(5-8-20(18)25)16-3-6-19(24)7-4-16;1-2/h3-8,13,15H,9-12,14H2,1-2H3,(H,26,27);1-2H3. The molecule has 0 heterocycles. The second kappa shape index (κ2) is 11.5. The van der Waals surface area contributed by atoms with Crippen molar-refractivity contribution < 1.29 is 14.3 Å². The van der Waals surface area contributed by atoms with Crippen molar-refractivity contribution in [3.8, 4) is 11.1 Å². The summed E-state index contributed by atoms with van der Waals surface area (Å²) in [6, 6.07) is 13.1. The van der Waals surface area contributed by atoms with Crippen LogP contribution in [0.4, 0.5) is 0 Å². The average molecular weight is 464 g/mol. The normalized spacial score (nSPS) is 20.3. The summed E-state index contributed by atoms with van der Waals surface area (Å²) in [5.74, 6) is -0.0749. The number of rotatable bonds is 5. The average Bonchev–Trinajstić information content (AvgIpc) is 2.78. The predicted molar refractivity (Wildman–Crippen MR) is 127 cm³/mol. The third kappa shape index (κ3) is 6.47. The number of carbonyl (C=O) groups excluding carboxylic acids is 2. The van der Waals surface area contributed by atoms with Crippen molar-refractivity contribution in [2.24, 2.45) is 5.92 Å². The van der Waals surface area contributed by atoms with Crippen LogP contribution in [0.2, 0.25) is 10.0 Å². The van der Waals surface area contributed by atoms with E-state index in [4.69, 9.17) is 27.9 Å². The van der Waals surface area contributed by atoms with E-state index in [1.165, 1.54) is 7.11 Å². The van der Waals surface area contributed by atoms with E-state index in [2.05, 4.69) is 12.2 Å². The molecule has 6 heteroatoms. The Bertz CT molecular complexity index is 888. The van der Waals surface area contributed by atoms with Crippen LogP contribution >= 0.6 is 23.2 Å². The van der Waals surface area contributed by atoms with Gasteiger partial charge in [0.05, 0.1) is 13.5 Å².